The highest BCUT2D eigenvalue weighted by atomic mass is 79.9. The minimum absolute atomic E-state index is 0.0478. The summed E-state index contributed by atoms with van der Waals surface area (Å²) < 4.78 is 13.6. The summed E-state index contributed by atoms with van der Waals surface area (Å²) in [4.78, 5) is 14.2. The van der Waals surface area contributed by atoms with Crippen molar-refractivity contribution in [1.82, 2.24) is 4.90 Å². The molecule has 2 atom stereocenters. The molecule has 1 fully saturated rings. The Kier molecular flexibility index (Phi) is 5.16. The maximum atomic E-state index is 13.2. The van der Waals surface area contributed by atoms with Crippen molar-refractivity contribution in [3.63, 3.8) is 0 Å². The van der Waals surface area contributed by atoms with Gasteiger partial charge in [0.1, 0.15) is 5.82 Å². The molecule has 0 bridgehead atoms. The van der Waals surface area contributed by atoms with E-state index in [9.17, 15) is 14.3 Å². The smallest absolute Gasteiger partial charge is 0.227 e. The zero-order chi connectivity index (χ0) is 14.7. The third kappa shape index (κ3) is 3.79. The fourth-order valence-corrected chi connectivity index (χ4v) is 3.15. The summed E-state index contributed by atoms with van der Waals surface area (Å²) in [5.74, 6) is -0.277. The fourth-order valence-electron chi connectivity index (χ4n) is 2.73. The Bertz CT molecular complexity index is 493. The van der Waals surface area contributed by atoms with Gasteiger partial charge in [-0.1, -0.05) is 6.07 Å². The lowest BCUT2D eigenvalue weighted by Gasteiger charge is -2.25. The highest BCUT2D eigenvalue weighted by Crippen LogP contribution is 2.23. The summed E-state index contributed by atoms with van der Waals surface area (Å²) in [5.41, 5.74) is 0.797. The van der Waals surface area contributed by atoms with Crippen molar-refractivity contribution in [2.24, 2.45) is 0 Å². The van der Waals surface area contributed by atoms with Crippen LogP contribution in [0.4, 0.5) is 4.39 Å². The van der Waals surface area contributed by atoms with Crippen LogP contribution in [0.3, 0.4) is 0 Å². The number of aliphatic hydroxyl groups is 1. The van der Waals surface area contributed by atoms with E-state index in [4.69, 9.17) is 0 Å². The number of rotatable bonds is 4. The molecule has 0 aliphatic carbocycles. The summed E-state index contributed by atoms with van der Waals surface area (Å²) in [7, 11) is 0. The average molecular weight is 344 g/mol. The van der Waals surface area contributed by atoms with Crippen LogP contribution in [0, 0.1) is 5.82 Å². The van der Waals surface area contributed by atoms with E-state index >= 15 is 0 Å². The molecule has 1 amide bonds. The first kappa shape index (κ1) is 15.4. The highest BCUT2D eigenvalue weighted by molar-refractivity contribution is 9.10. The predicted molar refractivity (Wildman–Crippen MR) is 78.8 cm³/mol. The van der Waals surface area contributed by atoms with Crippen LogP contribution in [0.2, 0.25) is 0 Å². The van der Waals surface area contributed by atoms with Crippen molar-refractivity contribution in [2.75, 3.05) is 6.54 Å². The van der Waals surface area contributed by atoms with Crippen molar-refractivity contribution in [3.8, 4) is 0 Å². The summed E-state index contributed by atoms with van der Waals surface area (Å²) in [5, 5.41) is 9.48. The van der Waals surface area contributed by atoms with E-state index in [1.165, 1.54) is 6.07 Å². The minimum atomic E-state index is -0.395. The first-order valence-corrected chi connectivity index (χ1v) is 7.68. The second-order valence-electron chi connectivity index (χ2n) is 5.39. The number of nitrogens with zero attached hydrogens (tertiary/aromatic N) is 1. The van der Waals surface area contributed by atoms with Crippen LogP contribution in [0.1, 0.15) is 31.7 Å². The Morgan fingerprint density at radius 3 is 3.00 bits per heavy atom. The Morgan fingerprint density at radius 2 is 2.35 bits per heavy atom. The molecule has 0 spiro atoms. The largest absolute Gasteiger partial charge is 0.393 e. The molecule has 2 unspecified atom stereocenters. The maximum absolute atomic E-state index is 13.2. The third-order valence-electron chi connectivity index (χ3n) is 3.65. The molecular weight excluding hydrogens is 325 g/mol. The van der Waals surface area contributed by atoms with Crippen LogP contribution < -0.4 is 0 Å². The Labute approximate surface area is 126 Å². The Hall–Kier alpha value is -0.940. The molecule has 1 aromatic rings. The Morgan fingerprint density at radius 1 is 1.60 bits per heavy atom. The zero-order valence-corrected chi connectivity index (χ0v) is 13.1. The molecule has 1 aliphatic heterocycles. The number of amides is 1. The van der Waals surface area contributed by atoms with Crippen LogP contribution in [0.15, 0.2) is 22.7 Å². The number of aliphatic hydroxyl groups excluding tert-OH is 1. The van der Waals surface area contributed by atoms with E-state index < -0.39 is 6.10 Å². The molecule has 0 saturated carbocycles. The lowest BCUT2D eigenvalue weighted by Crippen LogP contribution is -2.38. The minimum Gasteiger partial charge on any atom is -0.393 e. The van der Waals surface area contributed by atoms with Crippen LogP contribution >= 0.6 is 15.9 Å². The first-order chi connectivity index (χ1) is 9.47. The van der Waals surface area contributed by atoms with Crippen molar-refractivity contribution in [3.05, 3.63) is 34.1 Å². The molecule has 1 saturated heterocycles. The molecule has 5 heteroatoms. The lowest BCUT2D eigenvalue weighted by molar-refractivity contribution is -0.131. The van der Waals surface area contributed by atoms with Gasteiger partial charge in [-0.2, -0.15) is 0 Å². The van der Waals surface area contributed by atoms with Gasteiger partial charge in [0.25, 0.3) is 0 Å². The summed E-state index contributed by atoms with van der Waals surface area (Å²) in [6.07, 6.45) is 2.43. The van der Waals surface area contributed by atoms with Gasteiger partial charge in [0, 0.05) is 12.6 Å². The van der Waals surface area contributed by atoms with Crippen LogP contribution in [0.5, 0.6) is 0 Å². The number of halogens is 2. The van der Waals surface area contributed by atoms with Gasteiger partial charge in [-0.05, 0) is 59.8 Å². The van der Waals surface area contributed by atoms with E-state index in [0.29, 0.717) is 10.9 Å². The van der Waals surface area contributed by atoms with E-state index in [1.54, 1.807) is 19.1 Å². The van der Waals surface area contributed by atoms with Gasteiger partial charge in [0.05, 0.1) is 17.0 Å². The molecule has 3 nitrogen and oxygen atoms in total. The second-order valence-corrected chi connectivity index (χ2v) is 6.25. The molecule has 2 rings (SSSR count). The van der Waals surface area contributed by atoms with Crippen molar-refractivity contribution in [1.29, 1.82) is 0 Å². The summed E-state index contributed by atoms with van der Waals surface area (Å²) in [6.45, 7) is 2.50. The van der Waals surface area contributed by atoms with Crippen LogP contribution in [-0.2, 0) is 11.2 Å². The predicted octanol–water partition coefficient (Wildman–Crippen LogP) is 2.89. The van der Waals surface area contributed by atoms with E-state index in [-0.39, 0.29) is 24.2 Å². The van der Waals surface area contributed by atoms with Gasteiger partial charge >= 0.3 is 0 Å². The molecule has 20 heavy (non-hydrogen) atoms. The molecule has 0 radical (unpaired) electrons. The van der Waals surface area contributed by atoms with Gasteiger partial charge < -0.3 is 10.0 Å². The molecule has 1 heterocycles. The molecular formula is C15H19BrFNO2. The first-order valence-electron chi connectivity index (χ1n) is 6.89. The molecule has 110 valence electrons. The van der Waals surface area contributed by atoms with Gasteiger partial charge in [-0.3, -0.25) is 4.79 Å². The number of benzene rings is 1. The van der Waals surface area contributed by atoms with E-state index in [1.807, 2.05) is 4.90 Å². The topological polar surface area (TPSA) is 40.5 Å². The van der Waals surface area contributed by atoms with Crippen molar-refractivity contribution >= 4 is 21.8 Å². The van der Waals surface area contributed by atoms with Gasteiger partial charge in [0.15, 0.2) is 0 Å². The number of likely N-dealkylation sites (tertiary alicyclic amines) is 1. The monoisotopic (exact) mass is 343 g/mol. The number of hydrogen-bond donors (Lipinski definition) is 1. The normalized spacial score (nSPS) is 20.2. The van der Waals surface area contributed by atoms with E-state index in [2.05, 4.69) is 15.9 Å². The molecule has 1 aromatic carbocycles. The molecule has 0 aromatic heterocycles. The van der Waals surface area contributed by atoms with Gasteiger partial charge in [0.2, 0.25) is 5.91 Å². The van der Waals surface area contributed by atoms with Crippen molar-refractivity contribution < 1.29 is 14.3 Å². The van der Waals surface area contributed by atoms with Crippen LogP contribution in [-0.4, -0.2) is 34.6 Å². The second kappa shape index (κ2) is 6.68. The molecule has 1 aliphatic rings. The fraction of sp³-hybridized carbons (Fsp3) is 0.533. The van der Waals surface area contributed by atoms with Crippen molar-refractivity contribution in [2.45, 2.75) is 44.8 Å². The average Bonchev–Trinajstić information content (AvgIpc) is 2.81. The highest BCUT2D eigenvalue weighted by Gasteiger charge is 2.29. The zero-order valence-electron chi connectivity index (χ0n) is 11.5. The number of carbonyl (C=O) groups is 1. The van der Waals surface area contributed by atoms with E-state index in [0.717, 1.165) is 24.9 Å². The standard InChI is InChI=1S/C15H19BrFNO2/c1-10(19)7-12-3-2-6-18(12)15(20)9-11-4-5-14(17)13(16)8-11/h4-5,8,10,12,19H,2-3,6-7,9H2,1H3. The number of hydrogen-bond acceptors (Lipinski definition) is 2. The lowest BCUT2D eigenvalue weighted by atomic mass is 10.1. The van der Waals surface area contributed by atoms with Gasteiger partial charge in [-0.15, -0.1) is 0 Å². The summed E-state index contributed by atoms with van der Waals surface area (Å²) >= 11 is 3.13. The van der Waals surface area contributed by atoms with Crippen LogP contribution in [0.25, 0.3) is 0 Å². The third-order valence-corrected chi connectivity index (χ3v) is 4.26. The quantitative estimate of drug-likeness (QED) is 0.913. The SMILES string of the molecule is CC(O)CC1CCCN1C(=O)Cc1ccc(F)c(Br)c1. The van der Waals surface area contributed by atoms with Gasteiger partial charge in [-0.25, -0.2) is 4.39 Å². The Balaban J connectivity index is 2.01. The maximum Gasteiger partial charge on any atom is 0.227 e. The molecule has 1 N–H and O–H groups in total. The summed E-state index contributed by atoms with van der Waals surface area (Å²) in [6, 6.07) is 4.78. The number of carbonyl (C=O) groups excluding carboxylic acids is 1.